The first-order valence-corrected chi connectivity index (χ1v) is 10.0. The van der Waals surface area contributed by atoms with Crippen molar-refractivity contribution in [1.29, 1.82) is 0 Å². The van der Waals surface area contributed by atoms with Crippen molar-refractivity contribution in [1.82, 2.24) is 0 Å². The Hall–Kier alpha value is -2.89. The molecule has 0 aliphatic carbocycles. The summed E-state index contributed by atoms with van der Waals surface area (Å²) in [6.45, 7) is 1.85. The summed E-state index contributed by atoms with van der Waals surface area (Å²) in [6, 6.07) is 19.8. The molecule has 144 valence electrons. The molecule has 2 amide bonds. The SMILES string of the molecule is Cc1ccccc1N1C(=O)C(Sc2ccc(Cl)cc2)=C(c2ccc(F)cc2)C1=O. The van der Waals surface area contributed by atoms with E-state index in [0.717, 1.165) is 10.5 Å². The Morgan fingerprint density at radius 2 is 1.52 bits per heavy atom. The van der Waals surface area contributed by atoms with Crippen LogP contribution in [0.5, 0.6) is 0 Å². The first-order valence-electron chi connectivity index (χ1n) is 8.84. The highest BCUT2D eigenvalue weighted by Gasteiger charge is 2.40. The number of benzene rings is 3. The molecule has 1 aliphatic heterocycles. The van der Waals surface area contributed by atoms with E-state index in [-0.39, 0.29) is 5.57 Å². The molecule has 29 heavy (non-hydrogen) atoms. The Morgan fingerprint density at radius 3 is 2.17 bits per heavy atom. The first-order chi connectivity index (χ1) is 14.0. The van der Waals surface area contributed by atoms with Crippen LogP contribution < -0.4 is 4.90 Å². The van der Waals surface area contributed by atoms with Gasteiger partial charge in [-0.2, -0.15) is 0 Å². The summed E-state index contributed by atoms with van der Waals surface area (Å²) in [4.78, 5) is 28.9. The lowest BCUT2D eigenvalue weighted by Crippen LogP contribution is -2.31. The minimum atomic E-state index is -0.424. The van der Waals surface area contributed by atoms with Gasteiger partial charge in [0.2, 0.25) is 0 Å². The molecule has 0 bridgehead atoms. The van der Waals surface area contributed by atoms with E-state index in [1.807, 2.05) is 19.1 Å². The third-order valence-electron chi connectivity index (χ3n) is 4.56. The predicted octanol–water partition coefficient (Wildman–Crippen LogP) is 5.86. The fourth-order valence-corrected chi connectivity index (χ4v) is 4.25. The Labute approximate surface area is 176 Å². The third-order valence-corrected chi connectivity index (χ3v) is 5.91. The van der Waals surface area contributed by atoms with E-state index in [1.165, 1.54) is 40.9 Å². The number of carbonyl (C=O) groups excluding carboxylic acids is 2. The quantitative estimate of drug-likeness (QED) is 0.493. The van der Waals surface area contributed by atoms with E-state index < -0.39 is 17.6 Å². The van der Waals surface area contributed by atoms with Crippen LogP contribution in [0.1, 0.15) is 11.1 Å². The summed E-state index contributed by atoms with van der Waals surface area (Å²) in [5, 5.41) is 0.581. The summed E-state index contributed by atoms with van der Waals surface area (Å²) >= 11 is 7.15. The number of amides is 2. The number of thioether (sulfide) groups is 1. The Balaban J connectivity index is 1.83. The molecule has 0 fully saturated rings. The van der Waals surface area contributed by atoms with Crippen molar-refractivity contribution in [3.63, 3.8) is 0 Å². The minimum absolute atomic E-state index is 0.262. The van der Waals surface area contributed by atoms with Crippen molar-refractivity contribution < 1.29 is 14.0 Å². The zero-order valence-electron chi connectivity index (χ0n) is 15.4. The number of hydrogen-bond donors (Lipinski definition) is 0. The van der Waals surface area contributed by atoms with Gasteiger partial charge in [-0.3, -0.25) is 9.59 Å². The van der Waals surface area contributed by atoms with E-state index in [9.17, 15) is 14.0 Å². The number of carbonyl (C=O) groups is 2. The lowest BCUT2D eigenvalue weighted by molar-refractivity contribution is -0.119. The van der Waals surface area contributed by atoms with Gasteiger partial charge in [-0.05, 0) is 60.5 Å². The van der Waals surface area contributed by atoms with Gasteiger partial charge in [-0.15, -0.1) is 0 Å². The van der Waals surface area contributed by atoms with Crippen LogP contribution in [0.2, 0.25) is 5.02 Å². The van der Waals surface area contributed by atoms with E-state index in [0.29, 0.717) is 21.2 Å². The molecular formula is C23H15ClFNO2S. The normalized spacial score (nSPS) is 14.1. The zero-order valence-corrected chi connectivity index (χ0v) is 16.9. The van der Waals surface area contributed by atoms with Crippen LogP contribution in [-0.2, 0) is 9.59 Å². The molecule has 0 unspecified atom stereocenters. The predicted molar refractivity (Wildman–Crippen MR) is 114 cm³/mol. The lowest BCUT2D eigenvalue weighted by atomic mass is 10.1. The van der Waals surface area contributed by atoms with E-state index in [1.54, 1.807) is 36.4 Å². The van der Waals surface area contributed by atoms with Gasteiger partial charge in [0.25, 0.3) is 11.8 Å². The molecule has 0 N–H and O–H groups in total. The van der Waals surface area contributed by atoms with Crippen molar-refractivity contribution in [2.75, 3.05) is 4.90 Å². The standard InChI is InChI=1S/C23H15ClFNO2S/c1-14-4-2-3-5-19(14)26-22(27)20(15-6-10-17(25)11-7-15)21(23(26)28)29-18-12-8-16(24)9-13-18/h2-13H,1H3. The summed E-state index contributed by atoms with van der Waals surface area (Å²) < 4.78 is 13.4. The second kappa shape index (κ2) is 7.85. The average Bonchev–Trinajstić information content (AvgIpc) is 2.95. The summed E-state index contributed by atoms with van der Waals surface area (Å²) in [5.74, 6) is -1.23. The molecule has 0 saturated heterocycles. The minimum Gasteiger partial charge on any atom is -0.268 e. The summed E-state index contributed by atoms with van der Waals surface area (Å²) in [6.07, 6.45) is 0. The monoisotopic (exact) mass is 423 g/mol. The molecule has 4 rings (SSSR count). The fourth-order valence-electron chi connectivity index (χ4n) is 3.13. The highest BCUT2D eigenvalue weighted by molar-refractivity contribution is 8.04. The number of halogens is 2. The molecule has 0 saturated carbocycles. The second-order valence-electron chi connectivity index (χ2n) is 6.50. The smallest absolute Gasteiger partial charge is 0.268 e. The topological polar surface area (TPSA) is 37.4 Å². The Morgan fingerprint density at radius 1 is 0.862 bits per heavy atom. The van der Waals surface area contributed by atoms with Gasteiger partial charge < -0.3 is 0 Å². The molecule has 6 heteroatoms. The number of anilines is 1. The van der Waals surface area contributed by atoms with Gasteiger partial charge in [-0.1, -0.05) is 53.7 Å². The second-order valence-corrected chi connectivity index (χ2v) is 8.02. The molecule has 0 atom stereocenters. The van der Waals surface area contributed by atoms with Crippen LogP contribution in [0.4, 0.5) is 10.1 Å². The van der Waals surface area contributed by atoms with Crippen LogP contribution in [0.15, 0.2) is 82.6 Å². The molecule has 0 spiro atoms. The van der Waals surface area contributed by atoms with Crippen molar-refractivity contribution >= 4 is 46.4 Å². The van der Waals surface area contributed by atoms with E-state index in [2.05, 4.69) is 0 Å². The maximum atomic E-state index is 13.4. The summed E-state index contributed by atoms with van der Waals surface area (Å²) in [5.41, 5.74) is 2.11. The molecule has 3 nitrogen and oxygen atoms in total. The third kappa shape index (κ3) is 3.71. The molecule has 0 aromatic heterocycles. The van der Waals surface area contributed by atoms with Gasteiger partial charge in [-0.25, -0.2) is 9.29 Å². The van der Waals surface area contributed by atoms with Crippen LogP contribution in [0.3, 0.4) is 0 Å². The van der Waals surface area contributed by atoms with E-state index >= 15 is 0 Å². The molecule has 1 aliphatic rings. The van der Waals surface area contributed by atoms with Crippen LogP contribution >= 0.6 is 23.4 Å². The number of imide groups is 1. The van der Waals surface area contributed by atoms with Crippen molar-refractivity contribution in [3.05, 3.63) is 99.7 Å². The van der Waals surface area contributed by atoms with Crippen LogP contribution in [0, 0.1) is 12.7 Å². The van der Waals surface area contributed by atoms with Gasteiger partial charge in [0.1, 0.15) is 5.82 Å². The number of aryl methyl sites for hydroxylation is 1. The Bertz CT molecular complexity index is 1140. The number of nitrogens with zero attached hydrogens (tertiary/aromatic N) is 1. The lowest BCUT2D eigenvalue weighted by Gasteiger charge is -2.17. The molecule has 3 aromatic carbocycles. The molecule has 1 heterocycles. The van der Waals surface area contributed by atoms with E-state index in [4.69, 9.17) is 11.6 Å². The molecular weight excluding hydrogens is 409 g/mol. The zero-order chi connectivity index (χ0) is 20.5. The van der Waals surface area contributed by atoms with Gasteiger partial charge >= 0.3 is 0 Å². The summed E-state index contributed by atoms with van der Waals surface area (Å²) in [7, 11) is 0. The van der Waals surface area contributed by atoms with Crippen molar-refractivity contribution in [2.24, 2.45) is 0 Å². The van der Waals surface area contributed by atoms with Crippen molar-refractivity contribution in [2.45, 2.75) is 11.8 Å². The molecule has 3 aromatic rings. The largest absolute Gasteiger partial charge is 0.272 e. The average molecular weight is 424 g/mol. The van der Waals surface area contributed by atoms with Gasteiger partial charge in [0.15, 0.2) is 0 Å². The molecule has 0 radical (unpaired) electrons. The maximum Gasteiger partial charge on any atom is 0.272 e. The Kier molecular flexibility index (Phi) is 5.26. The van der Waals surface area contributed by atoms with Crippen molar-refractivity contribution in [3.8, 4) is 0 Å². The fraction of sp³-hybridized carbons (Fsp3) is 0.0435. The van der Waals surface area contributed by atoms with Crippen LogP contribution in [-0.4, -0.2) is 11.8 Å². The first kappa shape index (κ1) is 19.4. The van der Waals surface area contributed by atoms with Gasteiger partial charge in [0, 0.05) is 9.92 Å². The maximum absolute atomic E-state index is 13.4. The van der Waals surface area contributed by atoms with Crippen LogP contribution in [0.25, 0.3) is 5.57 Å². The highest BCUT2D eigenvalue weighted by Crippen LogP contribution is 2.42. The number of para-hydroxylation sites is 1. The number of hydrogen-bond acceptors (Lipinski definition) is 3. The number of rotatable bonds is 4. The van der Waals surface area contributed by atoms with Gasteiger partial charge in [0.05, 0.1) is 16.2 Å². The highest BCUT2D eigenvalue weighted by atomic mass is 35.5.